The number of rotatable bonds is 5. The molecule has 2 aromatic carbocycles. The number of hydrogen-bond acceptors (Lipinski definition) is 2. The van der Waals surface area contributed by atoms with E-state index in [0.29, 0.717) is 17.5 Å². The summed E-state index contributed by atoms with van der Waals surface area (Å²) in [4.78, 5) is 9.35. The predicted octanol–water partition coefficient (Wildman–Crippen LogP) is 7.69. The molecule has 2 nitrogen and oxygen atoms in total. The summed E-state index contributed by atoms with van der Waals surface area (Å²) in [6, 6.07) is 23.9. The fraction of sp³-hybridized carbons (Fsp3) is 0.241. The van der Waals surface area contributed by atoms with E-state index in [9.17, 15) is 22.0 Å². The van der Waals surface area contributed by atoms with Crippen LogP contribution >= 0.6 is 0 Å². The van der Waals surface area contributed by atoms with Crippen molar-refractivity contribution >= 4 is 0 Å². The summed E-state index contributed by atoms with van der Waals surface area (Å²) in [5.74, 6) is -3.47. The minimum Gasteiger partial charge on any atom is -0.300 e. The van der Waals surface area contributed by atoms with Gasteiger partial charge in [-0.25, -0.2) is 0 Å². The molecule has 0 saturated heterocycles. The summed E-state index contributed by atoms with van der Waals surface area (Å²) in [6.07, 6.45) is -5.19. The quantitative estimate of drug-likeness (QED) is 0.159. The van der Waals surface area contributed by atoms with E-state index in [0.717, 1.165) is 11.3 Å². The van der Waals surface area contributed by atoms with E-state index >= 15 is 0 Å². The molecule has 8 heteroatoms. The van der Waals surface area contributed by atoms with Crippen LogP contribution < -0.4 is 0 Å². The minimum absolute atomic E-state index is 0. The second-order valence-electron chi connectivity index (χ2n) is 9.54. The monoisotopic (exact) mass is 689 g/mol. The molecular weight excluding hydrogens is 666 g/mol. The van der Waals surface area contributed by atoms with E-state index in [2.05, 4.69) is 17.1 Å². The third kappa shape index (κ3) is 5.52. The van der Waals surface area contributed by atoms with Crippen LogP contribution in [0.3, 0.4) is 0 Å². The molecule has 2 aromatic heterocycles. The van der Waals surface area contributed by atoms with Gasteiger partial charge < -0.3 is 4.98 Å². The number of nitrogens with zero attached hydrogens (tertiary/aromatic N) is 2. The summed E-state index contributed by atoms with van der Waals surface area (Å²) in [5, 5.41) is 0. The molecule has 4 aromatic rings. The van der Waals surface area contributed by atoms with E-state index in [-0.39, 0.29) is 26.8 Å². The largest absolute Gasteiger partial charge is 2.00 e. The molecule has 0 radical (unpaired) electrons. The number of pyridine rings is 2. The Morgan fingerprint density at radius 2 is 1.30 bits per heavy atom. The second kappa shape index (κ2) is 10.4. The molecule has 0 bridgehead atoms. The summed E-state index contributed by atoms with van der Waals surface area (Å²) in [6.45, 7) is 7.84. The van der Waals surface area contributed by atoms with E-state index in [1.807, 2.05) is 70.2 Å². The molecule has 194 valence electrons. The summed E-state index contributed by atoms with van der Waals surface area (Å²) < 4.78 is 68.2. The van der Waals surface area contributed by atoms with Crippen molar-refractivity contribution in [3.05, 3.63) is 119 Å². The fourth-order valence-corrected chi connectivity index (χ4v) is 4.05. The second-order valence-corrected chi connectivity index (χ2v) is 9.54. The molecule has 0 saturated carbocycles. The van der Waals surface area contributed by atoms with Crippen molar-refractivity contribution in [2.24, 2.45) is 0 Å². The Morgan fingerprint density at radius 3 is 1.89 bits per heavy atom. The molecule has 0 spiro atoms. The maximum atomic E-state index is 14.8. The van der Waals surface area contributed by atoms with Crippen LogP contribution in [0.4, 0.5) is 22.0 Å². The molecule has 0 aliphatic carbocycles. The topological polar surface area (TPSA) is 25.8 Å². The van der Waals surface area contributed by atoms with Crippen LogP contribution in [0, 0.1) is 23.8 Å². The van der Waals surface area contributed by atoms with Crippen molar-refractivity contribution in [2.45, 2.75) is 44.7 Å². The van der Waals surface area contributed by atoms with Crippen molar-refractivity contribution in [3.8, 4) is 11.3 Å². The average molecular weight is 690 g/mol. The van der Waals surface area contributed by atoms with Crippen LogP contribution in [-0.4, -0.2) is 9.97 Å². The van der Waals surface area contributed by atoms with E-state index in [4.69, 9.17) is 4.98 Å². The first-order valence-corrected chi connectivity index (χ1v) is 11.2. The molecule has 2 heterocycles. The molecule has 0 aliphatic rings. The van der Waals surface area contributed by atoms with Crippen molar-refractivity contribution in [1.29, 1.82) is 0 Å². The Balaban J connectivity index is 0.00000380. The van der Waals surface area contributed by atoms with E-state index < -0.39 is 39.8 Å². The number of hydrogen-bond donors (Lipinski definition) is 0. The SMILES string of the molecule is CC(C)(c1[c-]cccc1)c1cccc(C(C)(C)c2cccc(-c3[c-]cc(F)c(C(F)(F)F)c3F)n2)n1.[Pt+2]. The number of alkyl halides is 3. The van der Waals surface area contributed by atoms with Gasteiger partial charge in [-0.05, 0) is 37.7 Å². The smallest absolute Gasteiger partial charge is 0.300 e. The van der Waals surface area contributed by atoms with Gasteiger partial charge in [-0.2, -0.15) is 49.1 Å². The van der Waals surface area contributed by atoms with Gasteiger partial charge in [0.1, 0.15) is 0 Å². The molecular formula is C29H23F5N2Pt. The maximum absolute atomic E-state index is 14.8. The van der Waals surface area contributed by atoms with Crippen LogP contribution in [-0.2, 0) is 38.1 Å². The third-order valence-corrected chi connectivity index (χ3v) is 6.36. The first kappa shape index (κ1) is 28.6. The van der Waals surface area contributed by atoms with Gasteiger partial charge in [-0.15, -0.1) is 12.1 Å². The molecule has 0 aliphatic heterocycles. The Morgan fingerprint density at radius 1 is 0.703 bits per heavy atom. The third-order valence-electron chi connectivity index (χ3n) is 6.36. The first-order valence-electron chi connectivity index (χ1n) is 11.2. The van der Waals surface area contributed by atoms with Crippen LogP contribution in [0.2, 0.25) is 0 Å². The molecule has 0 unspecified atom stereocenters. The van der Waals surface area contributed by atoms with Gasteiger partial charge in [-0.1, -0.05) is 37.6 Å². The van der Waals surface area contributed by atoms with Crippen LogP contribution in [0.15, 0.2) is 66.7 Å². The average Bonchev–Trinajstić information content (AvgIpc) is 2.84. The Kier molecular flexibility index (Phi) is 8.09. The fourth-order valence-electron chi connectivity index (χ4n) is 4.05. The zero-order valence-corrected chi connectivity index (χ0v) is 22.7. The Hall–Kier alpha value is -2.92. The van der Waals surface area contributed by atoms with Gasteiger partial charge in [0.2, 0.25) is 0 Å². The molecule has 0 amide bonds. The van der Waals surface area contributed by atoms with Crippen molar-refractivity contribution in [1.82, 2.24) is 9.97 Å². The van der Waals surface area contributed by atoms with Gasteiger partial charge >= 0.3 is 27.2 Å². The van der Waals surface area contributed by atoms with Crippen molar-refractivity contribution in [2.75, 3.05) is 0 Å². The van der Waals surface area contributed by atoms with Gasteiger partial charge in [0, 0.05) is 27.8 Å². The minimum atomic E-state index is -5.19. The van der Waals surface area contributed by atoms with Crippen LogP contribution in [0.5, 0.6) is 0 Å². The van der Waals surface area contributed by atoms with E-state index in [1.165, 1.54) is 6.07 Å². The molecule has 4 rings (SSSR count). The van der Waals surface area contributed by atoms with E-state index in [1.54, 1.807) is 12.1 Å². The van der Waals surface area contributed by atoms with Crippen LogP contribution in [0.25, 0.3) is 11.3 Å². The molecule has 0 atom stereocenters. The van der Waals surface area contributed by atoms with Gasteiger partial charge in [-0.3, -0.25) is 13.8 Å². The zero-order valence-electron chi connectivity index (χ0n) is 20.5. The number of aromatic nitrogens is 2. The van der Waals surface area contributed by atoms with Gasteiger partial charge in [0.15, 0.2) is 0 Å². The maximum Gasteiger partial charge on any atom is 2.00 e. The van der Waals surface area contributed by atoms with Crippen LogP contribution in [0.1, 0.15) is 55.9 Å². The van der Waals surface area contributed by atoms with Gasteiger partial charge in [0.25, 0.3) is 0 Å². The number of halogens is 5. The standard InChI is InChI=1S/C29H23F5N2.Pt/c1-27(2,18-10-6-5-7-11-18)22-14-9-15-24(36-22)28(3,4)23-13-8-12-21(35-23)19-16-17-20(30)25(26(19)31)29(32,33)34;/h5-10,12-15,17H,1-4H3;/q-2;+2. The van der Waals surface area contributed by atoms with Crippen molar-refractivity contribution in [3.63, 3.8) is 0 Å². The molecule has 0 fully saturated rings. The first-order chi connectivity index (χ1) is 16.8. The zero-order chi connectivity index (χ0) is 26.3. The number of benzene rings is 2. The molecule has 37 heavy (non-hydrogen) atoms. The normalized spacial score (nSPS) is 12.2. The Labute approximate surface area is 227 Å². The summed E-state index contributed by atoms with van der Waals surface area (Å²) in [7, 11) is 0. The summed E-state index contributed by atoms with van der Waals surface area (Å²) >= 11 is 0. The molecule has 0 N–H and O–H groups in total. The van der Waals surface area contributed by atoms with Crippen molar-refractivity contribution < 1.29 is 43.0 Å². The summed E-state index contributed by atoms with van der Waals surface area (Å²) in [5.41, 5.74) is -0.920. The Bertz CT molecular complexity index is 1400. The van der Waals surface area contributed by atoms with Gasteiger partial charge in [0.05, 0.1) is 17.3 Å². The predicted molar refractivity (Wildman–Crippen MR) is 127 cm³/mol.